The van der Waals surface area contributed by atoms with E-state index in [1.807, 2.05) is 13.8 Å². The molecule has 29 heavy (non-hydrogen) atoms. The highest BCUT2D eigenvalue weighted by molar-refractivity contribution is 5.83. The number of aliphatic hydroxyl groups is 1. The van der Waals surface area contributed by atoms with E-state index in [4.69, 9.17) is 4.74 Å². The van der Waals surface area contributed by atoms with Crippen LogP contribution in [0.5, 0.6) is 0 Å². The van der Waals surface area contributed by atoms with E-state index >= 15 is 8.78 Å². The monoisotopic (exact) mass is 410 g/mol. The molecule has 0 aromatic heterocycles. The maximum absolute atomic E-state index is 15.5. The first-order valence-electron chi connectivity index (χ1n) is 10.9. The smallest absolute Gasteiger partial charge is 0.313 e. The van der Waals surface area contributed by atoms with Crippen LogP contribution in [0.4, 0.5) is 8.78 Å². The molecule has 0 heterocycles. The van der Waals surface area contributed by atoms with Gasteiger partial charge in [-0.1, -0.05) is 13.8 Å². The molecule has 0 aliphatic heterocycles. The molecule has 4 nitrogen and oxygen atoms in total. The number of carbonyl (C=O) groups is 2. The van der Waals surface area contributed by atoms with Crippen molar-refractivity contribution in [3.05, 3.63) is 11.4 Å². The first-order valence-corrected chi connectivity index (χ1v) is 10.9. The minimum absolute atomic E-state index is 0.133. The maximum Gasteiger partial charge on any atom is 0.313 e. The second-order valence-corrected chi connectivity index (χ2v) is 10.4. The topological polar surface area (TPSA) is 63.6 Å². The number of allylic oxidation sites excluding steroid dienone is 1. The van der Waals surface area contributed by atoms with Gasteiger partial charge in [0.2, 0.25) is 0 Å². The standard InChI is InChI=1S/C23H32F2O4/c1-21-8-6-17(29-18(27)7-11-26)20(25)19(21)16(24)12-13-14(21)4-9-22(2)15(13)5-10-23(22,3)28/h11,13-17,28H,4-10,12H2,1-3H3/t13-,14-,15+,16?,17?,21-,22+,23?/m1/s1. The van der Waals surface area contributed by atoms with Crippen LogP contribution in [0, 0.1) is 28.6 Å². The van der Waals surface area contributed by atoms with Gasteiger partial charge in [0.1, 0.15) is 24.7 Å². The van der Waals surface area contributed by atoms with Gasteiger partial charge >= 0.3 is 5.97 Å². The van der Waals surface area contributed by atoms with Crippen LogP contribution >= 0.6 is 0 Å². The first-order chi connectivity index (χ1) is 13.5. The molecule has 0 spiro atoms. The van der Waals surface area contributed by atoms with Crippen LogP contribution in [0.2, 0.25) is 0 Å². The van der Waals surface area contributed by atoms with Crippen molar-refractivity contribution in [2.24, 2.45) is 28.6 Å². The quantitative estimate of drug-likeness (QED) is 0.424. The summed E-state index contributed by atoms with van der Waals surface area (Å²) >= 11 is 0. The van der Waals surface area contributed by atoms with Crippen LogP contribution < -0.4 is 0 Å². The molecule has 0 aromatic carbocycles. The van der Waals surface area contributed by atoms with Gasteiger partial charge in [-0.2, -0.15) is 0 Å². The number of esters is 1. The molecule has 1 N–H and O–H groups in total. The van der Waals surface area contributed by atoms with E-state index in [0.29, 0.717) is 19.1 Å². The third-order valence-electron chi connectivity index (χ3n) is 9.21. The van der Waals surface area contributed by atoms with E-state index in [-0.39, 0.29) is 35.2 Å². The molecule has 4 rings (SSSR count). The average molecular weight is 411 g/mol. The number of hydrogen-bond donors (Lipinski definition) is 1. The Kier molecular flexibility index (Phi) is 4.96. The number of hydrogen-bond acceptors (Lipinski definition) is 4. The van der Waals surface area contributed by atoms with Crippen molar-refractivity contribution in [3.63, 3.8) is 0 Å². The van der Waals surface area contributed by atoms with E-state index in [0.717, 1.165) is 25.7 Å². The molecule has 0 amide bonds. The fraction of sp³-hybridized carbons (Fsp3) is 0.826. The SMILES string of the molecule is CC1(O)CC[C@H]2[C@@H]3CC(F)C4=C(F)C(OC(=O)CC=O)CC[C@]4(C)[C@@H]3CC[C@@]21C. The third kappa shape index (κ3) is 2.92. The zero-order valence-electron chi connectivity index (χ0n) is 17.5. The van der Waals surface area contributed by atoms with Crippen LogP contribution in [0.25, 0.3) is 0 Å². The predicted molar refractivity (Wildman–Crippen MR) is 103 cm³/mol. The molecule has 0 radical (unpaired) electrons. The average Bonchev–Trinajstić information content (AvgIpc) is 2.87. The van der Waals surface area contributed by atoms with Crippen LogP contribution in [0.3, 0.4) is 0 Å². The van der Waals surface area contributed by atoms with Gasteiger partial charge in [0, 0.05) is 5.57 Å². The molecule has 4 aliphatic rings. The Bertz CT molecular complexity index is 747. The summed E-state index contributed by atoms with van der Waals surface area (Å²) < 4.78 is 35.9. The van der Waals surface area contributed by atoms with Crippen molar-refractivity contribution >= 4 is 12.3 Å². The second kappa shape index (κ2) is 6.86. The van der Waals surface area contributed by atoms with Crippen LogP contribution in [0.15, 0.2) is 11.4 Å². The minimum Gasteiger partial charge on any atom is -0.455 e. The lowest BCUT2D eigenvalue weighted by Gasteiger charge is -2.59. The van der Waals surface area contributed by atoms with Gasteiger partial charge in [-0.25, -0.2) is 8.78 Å². The molecule has 0 saturated heterocycles. The summed E-state index contributed by atoms with van der Waals surface area (Å²) in [5.41, 5.74) is -1.36. The molecular weight excluding hydrogens is 378 g/mol. The van der Waals surface area contributed by atoms with Gasteiger partial charge in [-0.15, -0.1) is 0 Å². The van der Waals surface area contributed by atoms with Gasteiger partial charge < -0.3 is 14.6 Å². The van der Waals surface area contributed by atoms with E-state index in [2.05, 4.69) is 6.92 Å². The highest BCUT2D eigenvalue weighted by atomic mass is 19.1. The lowest BCUT2D eigenvalue weighted by molar-refractivity contribution is -0.152. The molecule has 162 valence electrons. The number of carbonyl (C=O) groups excluding carboxylic acids is 2. The lowest BCUT2D eigenvalue weighted by Crippen LogP contribution is -2.56. The molecule has 3 fully saturated rings. The number of alkyl halides is 1. The van der Waals surface area contributed by atoms with Gasteiger partial charge in [0.05, 0.1) is 5.60 Å². The van der Waals surface area contributed by atoms with Gasteiger partial charge in [-0.3, -0.25) is 4.79 Å². The molecule has 8 atom stereocenters. The van der Waals surface area contributed by atoms with E-state index in [1.54, 1.807) is 0 Å². The van der Waals surface area contributed by atoms with Crippen molar-refractivity contribution < 1.29 is 28.2 Å². The zero-order chi connectivity index (χ0) is 21.2. The number of fused-ring (bicyclic) bond motifs is 5. The van der Waals surface area contributed by atoms with E-state index in [9.17, 15) is 14.7 Å². The molecule has 3 saturated carbocycles. The fourth-order valence-electron chi connectivity index (χ4n) is 7.42. The summed E-state index contributed by atoms with van der Waals surface area (Å²) in [7, 11) is 0. The molecule has 0 aromatic rings. The van der Waals surface area contributed by atoms with Crippen molar-refractivity contribution in [1.29, 1.82) is 0 Å². The summed E-state index contributed by atoms with van der Waals surface area (Å²) in [4.78, 5) is 22.2. The molecular formula is C23H32F2O4. The van der Waals surface area contributed by atoms with E-state index in [1.165, 1.54) is 0 Å². The summed E-state index contributed by atoms with van der Waals surface area (Å²) in [6.07, 6.45) is 2.02. The number of halogens is 2. The summed E-state index contributed by atoms with van der Waals surface area (Å²) in [6.45, 7) is 6.03. The van der Waals surface area contributed by atoms with Crippen molar-refractivity contribution in [2.45, 2.75) is 90.0 Å². The molecule has 3 unspecified atom stereocenters. The Balaban J connectivity index is 1.65. The Morgan fingerprint density at radius 1 is 1.17 bits per heavy atom. The van der Waals surface area contributed by atoms with Crippen LogP contribution in [-0.2, 0) is 14.3 Å². The predicted octanol–water partition coefficient (Wildman–Crippen LogP) is 4.45. The third-order valence-corrected chi connectivity index (χ3v) is 9.21. The Morgan fingerprint density at radius 2 is 1.86 bits per heavy atom. The molecule has 6 heteroatoms. The normalized spacial score (nSPS) is 49.1. The molecule has 0 bridgehead atoms. The van der Waals surface area contributed by atoms with Crippen LogP contribution in [-0.4, -0.2) is 35.2 Å². The zero-order valence-corrected chi connectivity index (χ0v) is 17.5. The van der Waals surface area contributed by atoms with Crippen molar-refractivity contribution in [3.8, 4) is 0 Å². The van der Waals surface area contributed by atoms with E-state index < -0.39 is 41.5 Å². The summed E-state index contributed by atoms with van der Waals surface area (Å²) in [5, 5.41) is 11.0. The Labute approximate surface area is 171 Å². The summed E-state index contributed by atoms with van der Waals surface area (Å²) in [6, 6.07) is 0. The molecule has 4 aliphatic carbocycles. The van der Waals surface area contributed by atoms with Gasteiger partial charge in [0.15, 0.2) is 6.10 Å². The largest absolute Gasteiger partial charge is 0.455 e. The minimum atomic E-state index is -1.40. The van der Waals surface area contributed by atoms with Gasteiger partial charge in [0.25, 0.3) is 0 Å². The number of rotatable bonds is 3. The lowest BCUT2D eigenvalue weighted by atomic mass is 9.46. The first kappa shape index (κ1) is 21.0. The maximum atomic E-state index is 15.5. The highest BCUT2D eigenvalue weighted by Crippen LogP contribution is 2.68. The highest BCUT2D eigenvalue weighted by Gasteiger charge is 2.64. The number of ether oxygens (including phenoxy) is 1. The van der Waals surface area contributed by atoms with Crippen molar-refractivity contribution in [2.75, 3.05) is 0 Å². The Morgan fingerprint density at radius 3 is 2.55 bits per heavy atom. The second-order valence-electron chi connectivity index (χ2n) is 10.4. The Hall–Kier alpha value is -1.30. The van der Waals surface area contributed by atoms with Crippen molar-refractivity contribution in [1.82, 2.24) is 0 Å². The fourth-order valence-corrected chi connectivity index (χ4v) is 7.42. The summed E-state index contributed by atoms with van der Waals surface area (Å²) in [5.74, 6) is -0.855. The number of aldehydes is 1. The van der Waals surface area contributed by atoms with Gasteiger partial charge in [-0.05, 0) is 80.5 Å². The van der Waals surface area contributed by atoms with Crippen LogP contribution in [0.1, 0.15) is 72.1 Å².